The van der Waals surface area contributed by atoms with Crippen LogP contribution >= 0.6 is 0 Å². The highest BCUT2D eigenvalue weighted by atomic mass is 16.4. The molecule has 0 radical (unpaired) electrons. The van der Waals surface area contributed by atoms with Crippen molar-refractivity contribution in [1.82, 2.24) is 10.2 Å². The van der Waals surface area contributed by atoms with E-state index in [1.807, 2.05) is 13.8 Å². The molecule has 19 heavy (non-hydrogen) atoms. The molecule has 5 nitrogen and oxygen atoms in total. The van der Waals surface area contributed by atoms with Crippen molar-refractivity contribution in [3.63, 3.8) is 0 Å². The predicted molar refractivity (Wildman–Crippen MR) is 74.0 cm³/mol. The molecule has 1 aliphatic rings. The Kier molecular flexibility index (Phi) is 5.20. The Morgan fingerprint density at radius 3 is 2.58 bits per heavy atom. The van der Waals surface area contributed by atoms with Gasteiger partial charge in [0.05, 0.1) is 5.41 Å². The molecule has 5 heteroatoms. The molecule has 1 aliphatic heterocycles. The number of nitrogens with zero attached hydrogens (tertiary/aromatic N) is 1. The SMILES string of the molecule is CC(C)CNC(=O)N1CCCC(C(C)(C)C(=O)O)C1. The van der Waals surface area contributed by atoms with Crippen molar-refractivity contribution in [3.8, 4) is 0 Å². The number of amides is 2. The minimum absolute atomic E-state index is 0.0172. The highest BCUT2D eigenvalue weighted by Gasteiger charge is 2.39. The van der Waals surface area contributed by atoms with E-state index in [9.17, 15) is 14.7 Å². The zero-order valence-electron chi connectivity index (χ0n) is 12.4. The Hall–Kier alpha value is -1.26. The third kappa shape index (κ3) is 4.11. The first-order valence-electron chi connectivity index (χ1n) is 7.01. The van der Waals surface area contributed by atoms with Gasteiger partial charge in [-0.15, -0.1) is 0 Å². The molecule has 0 aromatic carbocycles. The zero-order valence-corrected chi connectivity index (χ0v) is 12.4. The average molecular weight is 270 g/mol. The summed E-state index contributed by atoms with van der Waals surface area (Å²) in [6, 6.07) is -0.0698. The fourth-order valence-corrected chi connectivity index (χ4v) is 2.33. The third-order valence-electron chi connectivity index (χ3n) is 3.94. The molecule has 0 aromatic heterocycles. The summed E-state index contributed by atoms with van der Waals surface area (Å²) in [5, 5.41) is 12.2. The molecule has 1 heterocycles. The lowest BCUT2D eigenvalue weighted by Gasteiger charge is -2.39. The van der Waals surface area contributed by atoms with Gasteiger partial charge in [0.25, 0.3) is 0 Å². The van der Waals surface area contributed by atoms with E-state index in [-0.39, 0.29) is 11.9 Å². The van der Waals surface area contributed by atoms with Crippen LogP contribution in [0.25, 0.3) is 0 Å². The van der Waals surface area contributed by atoms with E-state index < -0.39 is 11.4 Å². The van der Waals surface area contributed by atoms with Gasteiger partial charge in [-0.2, -0.15) is 0 Å². The quantitative estimate of drug-likeness (QED) is 0.822. The normalized spacial score (nSPS) is 20.5. The molecule has 1 rings (SSSR count). The van der Waals surface area contributed by atoms with E-state index in [2.05, 4.69) is 5.32 Å². The fraction of sp³-hybridized carbons (Fsp3) is 0.857. The number of aliphatic carboxylic acids is 1. The van der Waals surface area contributed by atoms with E-state index in [1.165, 1.54) is 0 Å². The number of urea groups is 1. The largest absolute Gasteiger partial charge is 0.481 e. The maximum absolute atomic E-state index is 12.0. The van der Waals surface area contributed by atoms with E-state index in [0.29, 0.717) is 19.0 Å². The van der Waals surface area contributed by atoms with Crippen molar-refractivity contribution in [2.24, 2.45) is 17.3 Å². The highest BCUT2D eigenvalue weighted by molar-refractivity contribution is 5.76. The van der Waals surface area contributed by atoms with Gasteiger partial charge < -0.3 is 15.3 Å². The fourth-order valence-electron chi connectivity index (χ4n) is 2.33. The second-order valence-electron chi connectivity index (χ2n) is 6.39. The van der Waals surface area contributed by atoms with E-state index >= 15 is 0 Å². The minimum Gasteiger partial charge on any atom is -0.481 e. The Morgan fingerprint density at radius 2 is 2.05 bits per heavy atom. The number of nitrogens with one attached hydrogen (secondary N) is 1. The van der Waals surface area contributed by atoms with Crippen LogP contribution in [-0.2, 0) is 4.79 Å². The number of hydrogen-bond donors (Lipinski definition) is 2. The summed E-state index contributed by atoms with van der Waals surface area (Å²) < 4.78 is 0. The van der Waals surface area contributed by atoms with E-state index in [1.54, 1.807) is 18.7 Å². The van der Waals surface area contributed by atoms with Crippen LogP contribution in [0.3, 0.4) is 0 Å². The van der Waals surface area contributed by atoms with E-state index in [4.69, 9.17) is 0 Å². The van der Waals surface area contributed by atoms with Gasteiger partial charge in [-0.25, -0.2) is 4.79 Å². The first-order valence-corrected chi connectivity index (χ1v) is 7.01. The Morgan fingerprint density at radius 1 is 1.42 bits per heavy atom. The number of likely N-dealkylation sites (tertiary alicyclic amines) is 1. The number of carbonyl (C=O) groups is 2. The number of carboxylic acid groups (broad SMARTS) is 1. The summed E-state index contributed by atoms with van der Waals surface area (Å²) in [6.07, 6.45) is 1.74. The molecule has 2 amide bonds. The molecule has 1 saturated heterocycles. The van der Waals surface area contributed by atoms with Gasteiger partial charge in [0.1, 0.15) is 0 Å². The topological polar surface area (TPSA) is 69.6 Å². The van der Waals surface area contributed by atoms with Gasteiger partial charge in [-0.1, -0.05) is 13.8 Å². The molecule has 0 aromatic rings. The molecular weight excluding hydrogens is 244 g/mol. The molecule has 0 saturated carbocycles. The van der Waals surface area contributed by atoms with Crippen molar-refractivity contribution >= 4 is 12.0 Å². The molecule has 1 atom stereocenters. The maximum Gasteiger partial charge on any atom is 0.317 e. The molecule has 1 fully saturated rings. The number of carbonyl (C=O) groups excluding carboxylic acids is 1. The van der Waals surface area contributed by atoms with Crippen molar-refractivity contribution in [2.45, 2.75) is 40.5 Å². The summed E-state index contributed by atoms with van der Waals surface area (Å²) >= 11 is 0. The minimum atomic E-state index is -0.790. The monoisotopic (exact) mass is 270 g/mol. The number of carboxylic acids is 1. The predicted octanol–water partition coefficient (Wildman–Crippen LogP) is 2.17. The maximum atomic E-state index is 12.0. The van der Waals surface area contributed by atoms with Gasteiger partial charge in [0.2, 0.25) is 0 Å². The van der Waals surface area contributed by atoms with Gasteiger partial charge in [-0.3, -0.25) is 4.79 Å². The van der Waals surface area contributed by atoms with Crippen LogP contribution in [0.4, 0.5) is 4.79 Å². The zero-order chi connectivity index (χ0) is 14.6. The Labute approximate surface area is 115 Å². The van der Waals surface area contributed by atoms with Crippen LogP contribution in [0.2, 0.25) is 0 Å². The molecule has 2 N–H and O–H groups in total. The van der Waals surface area contributed by atoms with E-state index in [0.717, 1.165) is 19.4 Å². The van der Waals surface area contributed by atoms with Crippen molar-refractivity contribution in [2.75, 3.05) is 19.6 Å². The van der Waals surface area contributed by atoms with Gasteiger partial charge >= 0.3 is 12.0 Å². The van der Waals surface area contributed by atoms with Gasteiger partial charge in [0, 0.05) is 19.6 Å². The number of hydrogen-bond acceptors (Lipinski definition) is 2. The van der Waals surface area contributed by atoms with Crippen LogP contribution in [0.5, 0.6) is 0 Å². The van der Waals surface area contributed by atoms with Crippen LogP contribution in [0.15, 0.2) is 0 Å². The smallest absolute Gasteiger partial charge is 0.317 e. The summed E-state index contributed by atoms with van der Waals surface area (Å²) in [7, 11) is 0. The third-order valence-corrected chi connectivity index (χ3v) is 3.94. The van der Waals surface area contributed by atoms with Crippen molar-refractivity contribution < 1.29 is 14.7 Å². The summed E-state index contributed by atoms with van der Waals surface area (Å²) in [6.45, 7) is 9.49. The molecule has 1 unspecified atom stereocenters. The molecule has 0 spiro atoms. The second-order valence-corrected chi connectivity index (χ2v) is 6.39. The lowest BCUT2D eigenvalue weighted by molar-refractivity contribution is -0.151. The van der Waals surface area contributed by atoms with Crippen LogP contribution < -0.4 is 5.32 Å². The second kappa shape index (κ2) is 6.26. The number of piperidine rings is 1. The molecular formula is C14H26N2O3. The highest BCUT2D eigenvalue weighted by Crippen LogP contribution is 2.34. The van der Waals surface area contributed by atoms with Gasteiger partial charge in [0.15, 0.2) is 0 Å². The van der Waals surface area contributed by atoms with Crippen molar-refractivity contribution in [1.29, 1.82) is 0 Å². The standard InChI is InChI=1S/C14H26N2O3/c1-10(2)8-15-13(19)16-7-5-6-11(9-16)14(3,4)12(17)18/h10-11H,5-9H2,1-4H3,(H,15,19)(H,17,18). The summed E-state index contributed by atoms with van der Waals surface area (Å²) in [4.78, 5) is 25.1. The lowest BCUT2D eigenvalue weighted by atomic mass is 9.74. The van der Waals surface area contributed by atoms with Crippen LogP contribution in [-0.4, -0.2) is 41.6 Å². The Bertz CT molecular complexity index is 340. The summed E-state index contributed by atoms with van der Waals surface area (Å²) in [5.41, 5.74) is -0.781. The molecule has 0 aliphatic carbocycles. The molecule has 0 bridgehead atoms. The number of rotatable bonds is 4. The van der Waals surface area contributed by atoms with Crippen LogP contribution in [0, 0.1) is 17.3 Å². The van der Waals surface area contributed by atoms with Crippen LogP contribution in [0.1, 0.15) is 40.5 Å². The summed E-state index contributed by atoms with van der Waals surface area (Å²) in [5.74, 6) is -0.356. The Balaban J connectivity index is 2.59. The average Bonchev–Trinajstić information content (AvgIpc) is 2.35. The van der Waals surface area contributed by atoms with Gasteiger partial charge in [-0.05, 0) is 38.5 Å². The lowest BCUT2D eigenvalue weighted by Crippen LogP contribution is -2.50. The first kappa shape index (κ1) is 15.8. The molecule has 110 valence electrons. The first-order chi connectivity index (χ1) is 8.75. The van der Waals surface area contributed by atoms with Crippen molar-refractivity contribution in [3.05, 3.63) is 0 Å².